The van der Waals surface area contributed by atoms with Gasteiger partial charge in [0.2, 0.25) is 0 Å². The second-order valence-electron chi connectivity index (χ2n) is 18.0. The van der Waals surface area contributed by atoms with Crippen LogP contribution in [-0.4, -0.2) is 77.4 Å². The van der Waals surface area contributed by atoms with Crippen molar-refractivity contribution in [3.63, 3.8) is 0 Å². The molecule has 1 saturated carbocycles. The van der Waals surface area contributed by atoms with E-state index in [2.05, 4.69) is 47.4 Å². The van der Waals surface area contributed by atoms with Crippen LogP contribution in [0.25, 0.3) is 10.8 Å². The first-order valence-electron chi connectivity index (χ1n) is 21.8. The number of methoxy groups -OCH3 is 2. The van der Waals surface area contributed by atoms with Crippen LogP contribution in [-0.2, 0) is 52.5 Å². The highest BCUT2D eigenvalue weighted by Gasteiger charge is 2.54. The Morgan fingerprint density at radius 1 is 0.903 bits per heavy atom. The molecule has 1 heterocycles. The number of phenolic OH excluding ortho intramolecular Hbond substituents is 1. The Morgan fingerprint density at radius 2 is 1.52 bits per heavy atom. The predicted octanol–water partition coefficient (Wildman–Crippen LogP) is 10.7. The number of carbonyl (C=O) groups is 1. The van der Waals surface area contributed by atoms with Crippen LogP contribution in [0.2, 0.25) is 18.1 Å². The molecule has 12 heteroatoms. The van der Waals surface area contributed by atoms with Gasteiger partial charge in [0.15, 0.2) is 27.7 Å². The number of esters is 1. The number of aromatic hydroxyl groups is 1. The molecule has 62 heavy (non-hydrogen) atoms. The minimum atomic E-state index is -2.43. The Balaban J connectivity index is 1.40. The summed E-state index contributed by atoms with van der Waals surface area (Å²) in [7, 11) is 0.584. The molecule has 4 aromatic rings. The van der Waals surface area contributed by atoms with E-state index in [1.54, 1.807) is 13.2 Å². The molecule has 1 aliphatic heterocycles. The highest BCUT2D eigenvalue weighted by atomic mass is 28.4. The lowest BCUT2D eigenvalue weighted by atomic mass is 9.85. The number of fused-ring (bicyclic) bond motifs is 1. The van der Waals surface area contributed by atoms with E-state index in [1.165, 1.54) is 13.2 Å². The van der Waals surface area contributed by atoms with Crippen LogP contribution in [0.3, 0.4) is 0 Å². The Hall–Kier alpha value is -4.27. The van der Waals surface area contributed by atoms with Gasteiger partial charge in [-0.1, -0.05) is 93.9 Å². The minimum absolute atomic E-state index is 0.0412. The van der Waals surface area contributed by atoms with Crippen molar-refractivity contribution in [1.29, 1.82) is 0 Å². The maximum atomic E-state index is 14.1. The highest BCUT2D eigenvalue weighted by Crippen LogP contribution is 2.47. The first-order chi connectivity index (χ1) is 29.7. The van der Waals surface area contributed by atoms with E-state index in [1.807, 2.05) is 72.8 Å². The number of ether oxygens (including phenoxy) is 8. The molecule has 4 aromatic carbocycles. The van der Waals surface area contributed by atoms with Crippen molar-refractivity contribution in [3.05, 3.63) is 114 Å². The lowest BCUT2D eigenvalue weighted by molar-refractivity contribution is -0.204. The first kappa shape index (κ1) is 47.2. The van der Waals surface area contributed by atoms with Crippen LogP contribution >= 0.6 is 0 Å². The summed E-state index contributed by atoms with van der Waals surface area (Å²) in [5.74, 6) is -1.28. The molecule has 1 spiro atoms. The molecule has 0 amide bonds. The summed E-state index contributed by atoms with van der Waals surface area (Å²) in [5.41, 5.74) is 2.70. The van der Waals surface area contributed by atoms with Gasteiger partial charge in [-0.05, 0) is 78.5 Å². The number of hydrogen-bond acceptors (Lipinski definition) is 11. The number of hydrogen-bond donors (Lipinski definition) is 1. The fraction of sp³-hybridized carbons (Fsp3) is 0.500. The standard InChI is InChI=1S/C50H66O11Si/c1-10-37(45(53-6)47(61-62(8,9)49(3,4)5)44-34(2)59-50(60-44)24-18-13-19-25-50)26-38-27-39-28-40(51)29-41(57-32-55-30-35-20-14-11-15-21-35)42(39)46(43(38)48(52)54-7)58-33-56-31-36-22-16-12-17-23-36/h10-12,14-17,20-23,27-29,34,37,44-45,47,51H,1,13,18-19,24-26,30-33H2,2-9H3/t34-,37+,44+,45+,47+/m1/s1. The molecule has 11 nitrogen and oxygen atoms in total. The van der Waals surface area contributed by atoms with Crippen LogP contribution in [0.5, 0.6) is 17.2 Å². The highest BCUT2D eigenvalue weighted by molar-refractivity contribution is 6.74. The molecule has 0 bridgehead atoms. The van der Waals surface area contributed by atoms with E-state index >= 15 is 0 Å². The van der Waals surface area contributed by atoms with Crippen molar-refractivity contribution in [2.75, 3.05) is 27.8 Å². The molecule has 2 fully saturated rings. The average molecular weight is 871 g/mol. The van der Waals surface area contributed by atoms with Crippen molar-refractivity contribution in [2.24, 2.45) is 5.92 Å². The number of rotatable bonds is 20. The molecule has 0 aromatic heterocycles. The van der Waals surface area contributed by atoms with Crippen LogP contribution in [0.15, 0.2) is 91.5 Å². The van der Waals surface area contributed by atoms with E-state index in [4.69, 9.17) is 42.3 Å². The van der Waals surface area contributed by atoms with E-state index in [-0.39, 0.29) is 60.6 Å². The largest absolute Gasteiger partial charge is 0.508 e. The zero-order valence-corrected chi connectivity index (χ0v) is 38.8. The van der Waals surface area contributed by atoms with Crippen LogP contribution < -0.4 is 9.47 Å². The van der Waals surface area contributed by atoms with E-state index in [0.29, 0.717) is 22.9 Å². The molecular formula is C50H66O11Si. The third-order valence-corrected chi connectivity index (χ3v) is 17.1. The average Bonchev–Trinajstić information content (AvgIpc) is 3.56. The third kappa shape index (κ3) is 11.3. The number of benzene rings is 4. The normalized spacial score (nSPS) is 19.2. The SMILES string of the molecule is C=C[C@@H](Cc1cc2cc(O)cc(OCOCc3ccccc3)c2c(OCOCc2ccccc2)c1C(=O)OC)[C@H](OC)[C@@H](O[Si](C)(C)C(C)(C)C)[C@H]1OC2(CCCCC2)O[C@@H]1C. The fourth-order valence-electron chi connectivity index (χ4n) is 8.34. The van der Waals surface area contributed by atoms with Crippen molar-refractivity contribution >= 4 is 25.1 Å². The monoisotopic (exact) mass is 870 g/mol. The molecular weight excluding hydrogens is 805 g/mol. The summed E-state index contributed by atoms with van der Waals surface area (Å²) < 4.78 is 57.5. The van der Waals surface area contributed by atoms with Gasteiger partial charge in [-0.3, -0.25) is 0 Å². The van der Waals surface area contributed by atoms with Gasteiger partial charge in [0.05, 0.1) is 37.9 Å². The smallest absolute Gasteiger partial charge is 0.341 e. The van der Waals surface area contributed by atoms with Crippen molar-refractivity contribution in [2.45, 2.75) is 128 Å². The quantitative estimate of drug-likeness (QED) is 0.0300. The lowest BCUT2D eigenvalue weighted by Crippen LogP contribution is -2.55. The minimum Gasteiger partial charge on any atom is -0.508 e. The summed E-state index contributed by atoms with van der Waals surface area (Å²) in [6.07, 6.45) is 5.23. The zero-order valence-electron chi connectivity index (χ0n) is 37.8. The summed E-state index contributed by atoms with van der Waals surface area (Å²) in [6, 6.07) is 24.4. The molecule has 1 saturated heterocycles. The Bertz CT molecular complexity index is 2080. The molecule has 0 radical (unpaired) electrons. The van der Waals surface area contributed by atoms with Crippen molar-refractivity contribution < 1.29 is 52.2 Å². The molecule has 1 aliphatic carbocycles. The lowest BCUT2D eigenvalue weighted by Gasteiger charge is -2.44. The summed E-state index contributed by atoms with van der Waals surface area (Å²) in [5, 5.41) is 12.0. The van der Waals surface area contributed by atoms with Gasteiger partial charge in [0, 0.05) is 31.9 Å². The van der Waals surface area contributed by atoms with Gasteiger partial charge in [0.25, 0.3) is 0 Å². The Morgan fingerprint density at radius 3 is 2.08 bits per heavy atom. The Labute approximate surface area is 368 Å². The fourth-order valence-corrected chi connectivity index (χ4v) is 9.65. The molecule has 1 N–H and O–H groups in total. The summed E-state index contributed by atoms with van der Waals surface area (Å²) in [4.78, 5) is 14.1. The number of phenols is 1. The van der Waals surface area contributed by atoms with Crippen molar-refractivity contribution in [3.8, 4) is 17.2 Å². The van der Waals surface area contributed by atoms with E-state index in [9.17, 15) is 9.90 Å². The van der Waals surface area contributed by atoms with Crippen molar-refractivity contribution in [1.82, 2.24) is 0 Å². The number of carbonyl (C=O) groups excluding carboxylic acids is 1. The first-order valence-corrected chi connectivity index (χ1v) is 24.7. The predicted molar refractivity (Wildman–Crippen MR) is 242 cm³/mol. The van der Waals surface area contributed by atoms with Crippen LogP contribution in [0, 0.1) is 5.92 Å². The van der Waals surface area contributed by atoms with Gasteiger partial charge in [0.1, 0.15) is 35.0 Å². The molecule has 6 rings (SSSR count). The second-order valence-corrected chi connectivity index (χ2v) is 22.7. The summed E-state index contributed by atoms with van der Waals surface area (Å²) >= 11 is 0. The molecule has 336 valence electrons. The zero-order chi connectivity index (χ0) is 44.5. The van der Waals surface area contributed by atoms with E-state index < -0.39 is 44.3 Å². The van der Waals surface area contributed by atoms with Crippen LogP contribution in [0.1, 0.15) is 86.8 Å². The second kappa shape index (κ2) is 20.9. The third-order valence-electron chi connectivity index (χ3n) is 12.6. The van der Waals surface area contributed by atoms with Gasteiger partial charge >= 0.3 is 5.97 Å². The van der Waals surface area contributed by atoms with Crippen LogP contribution in [0.4, 0.5) is 0 Å². The topological polar surface area (TPSA) is 120 Å². The Kier molecular flexibility index (Phi) is 15.9. The molecule has 0 unspecified atom stereocenters. The maximum absolute atomic E-state index is 14.1. The summed E-state index contributed by atoms with van der Waals surface area (Å²) in [6.45, 7) is 17.7. The maximum Gasteiger partial charge on any atom is 0.341 e. The molecule has 5 atom stereocenters. The molecule has 2 aliphatic rings. The van der Waals surface area contributed by atoms with Gasteiger partial charge in [-0.2, -0.15) is 0 Å². The van der Waals surface area contributed by atoms with Gasteiger partial charge in [-0.25, -0.2) is 4.79 Å². The van der Waals surface area contributed by atoms with Gasteiger partial charge < -0.3 is 47.4 Å². The van der Waals surface area contributed by atoms with Gasteiger partial charge in [-0.15, -0.1) is 6.58 Å². The van der Waals surface area contributed by atoms with E-state index in [0.717, 1.165) is 43.2 Å².